The van der Waals surface area contributed by atoms with Crippen LogP contribution in [0.3, 0.4) is 0 Å². The van der Waals surface area contributed by atoms with Crippen LogP contribution in [0.15, 0.2) is 47.2 Å². The zero-order valence-corrected chi connectivity index (χ0v) is 20.4. The number of hydrogen-bond donors (Lipinski definition) is 6. The molecule has 4 rings (SSSR count). The molecule has 0 atom stereocenters. The van der Waals surface area contributed by atoms with Gasteiger partial charge in [0, 0.05) is 46.9 Å². The Labute approximate surface area is 213 Å². The monoisotopic (exact) mass is 526 g/mol. The van der Waals surface area contributed by atoms with Gasteiger partial charge in [0.1, 0.15) is 23.0 Å². The average molecular weight is 527 g/mol. The van der Waals surface area contributed by atoms with Gasteiger partial charge in [0.15, 0.2) is 10.3 Å². The maximum Gasteiger partial charge on any atom is 0.226 e. The summed E-state index contributed by atoms with van der Waals surface area (Å²) in [6.45, 7) is 0. The largest absolute Gasteiger partial charge is 0.508 e. The second-order valence-electron chi connectivity index (χ2n) is 7.78. The molecule has 4 aromatic rings. The number of nitrogens with one attached hydrogen (secondary N) is 2. The van der Waals surface area contributed by atoms with Crippen molar-refractivity contribution in [2.75, 3.05) is 10.6 Å². The van der Waals surface area contributed by atoms with E-state index in [1.165, 1.54) is 46.9 Å². The first-order valence-corrected chi connectivity index (χ1v) is 12.6. The number of phenolic OH excluding ortho intramolecular Hbond substituents is 4. The topological polar surface area (TPSA) is 165 Å². The van der Waals surface area contributed by atoms with Crippen molar-refractivity contribution < 1.29 is 30.0 Å². The number of aromatic hydroxyl groups is 4. The Morgan fingerprint density at radius 2 is 1.11 bits per heavy atom. The number of rotatable bonds is 9. The molecule has 0 saturated carbocycles. The molecule has 12 heteroatoms. The predicted molar refractivity (Wildman–Crippen MR) is 137 cm³/mol. The smallest absolute Gasteiger partial charge is 0.226 e. The van der Waals surface area contributed by atoms with E-state index < -0.39 is 0 Å². The van der Waals surface area contributed by atoms with Crippen molar-refractivity contribution >= 4 is 44.8 Å². The Bertz CT molecular complexity index is 1300. The number of nitrogens with zero attached hydrogens (tertiary/aromatic N) is 2. The zero-order chi connectivity index (χ0) is 25.7. The average Bonchev–Trinajstić information content (AvgIpc) is 3.46. The van der Waals surface area contributed by atoms with Crippen LogP contribution < -0.4 is 10.6 Å². The highest BCUT2D eigenvalue weighted by Crippen LogP contribution is 2.35. The summed E-state index contributed by atoms with van der Waals surface area (Å²) in [6, 6.07) is 8.40. The zero-order valence-electron chi connectivity index (χ0n) is 18.8. The van der Waals surface area contributed by atoms with Crippen molar-refractivity contribution in [2.24, 2.45) is 0 Å². The third kappa shape index (κ3) is 6.29. The minimum absolute atomic E-state index is 0.0561. The van der Waals surface area contributed by atoms with Gasteiger partial charge in [0.2, 0.25) is 11.8 Å². The molecule has 0 aliphatic rings. The molecular formula is C24H22N4O6S2. The Kier molecular flexibility index (Phi) is 7.66. The normalized spacial score (nSPS) is 10.8. The number of aromatic nitrogens is 2. The van der Waals surface area contributed by atoms with Gasteiger partial charge in [-0.2, -0.15) is 0 Å². The van der Waals surface area contributed by atoms with E-state index in [1.54, 1.807) is 22.9 Å². The molecule has 36 heavy (non-hydrogen) atoms. The van der Waals surface area contributed by atoms with E-state index in [1.807, 2.05) is 0 Å². The van der Waals surface area contributed by atoms with Gasteiger partial charge < -0.3 is 31.1 Å². The standard InChI is InChI=1S/C24H22N4O6S2/c29-13-5-7-15(19(31)9-13)17-11-35-23(25-17)27-21(33)3-1-2-4-22(34)28-24-26-18(12-36-24)16-8-6-14(30)10-20(16)32/h5-12,29-32H,1-4H2,(H,25,27,33)(H,26,28,34). The molecule has 0 radical (unpaired) electrons. The fraction of sp³-hybridized carbons (Fsp3) is 0.167. The van der Waals surface area contributed by atoms with Crippen LogP contribution in [0, 0.1) is 0 Å². The number of thiazole rings is 2. The molecule has 0 spiro atoms. The fourth-order valence-corrected chi connectivity index (χ4v) is 4.77. The first kappa shape index (κ1) is 24.9. The molecule has 2 aromatic heterocycles. The predicted octanol–water partition coefficient (Wildman–Crippen LogP) is 4.89. The van der Waals surface area contributed by atoms with Crippen LogP contribution in [0.4, 0.5) is 10.3 Å². The molecule has 0 unspecified atom stereocenters. The molecular weight excluding hydrogens is 504 g/mol. The summed E-state index contributed by atoms with van der Waals surface area (Å²) in [7, 11) is 0. The van der Waals surface area contributed by atoms with E-state index in [9.17, 15) is 30.0 Å². The minimum Gasteiger partial charge on any atom is -0.508 e. The molecule has 0 aliphatic carbocycles. The summed E-state index contributed by atoms with van der Waals surface area (Å²) in [5, 5.41) is 48.3. The summed E-state index contributed by atoms with van der Waals surface area (Å²) >= 11 is 2.44. The van der Waals surface area contributed by atoms with Gasteiger partial charge in [0.25, 0.3) is 0 Å². The van der Waals surface area contributed by atoms with Crippen molar-refractivity contribution in [2.45, 2.75) is 25.7 Å². The highest BCUT2D eigenvalue weighted by atomic mass is 32.1. The van der Waals surface area contributed by atoms with Gasteiger partial charge in [-0.05, 0) is 37.1 Å². The first-order chi connectivity index (χ1) is 17.3. The Hall–Kier alpha value is -4.16. The quantitative estimate of drug-likeness (QED) is 0.168. The molecule has 2 amide bonds. The lowest BCUT2D eigenvalue weighted by Gasteiger charge is -2.04. The van der Waals surface area contributed by atoms with Gasteiger partial charge in [-0.1, -0.05) is 0 Å². The number of hydrogen-bond acceptors (Lipinski definition) is 10. The lowest BCUT2D eigenvalue weighted by molar-refractivity contribution is -0.118. The third-order valence-corrected chi connectivity index (χ3v) is 6.59. The lowest BCUT2D eigenvalue weighted by Crippen LogP contribution is -2.13. The van der Waals surface area contributed by atoms with E-state index in [2.05, 4.69) is 20.6 Å². The number of carbonyl (C=O) groups is 2. The minimum atomic E-state index is -0.232. The Balaban J connectivity index is 1.19. The second-order valence-corrected chi connectivity index (χ2v) is 9.50. The Morgan fingerprint density at radius 3 is 1.50 bits per heavy atom. The van der Waals surface area contributed by atoms with Gasteiger partial charge in [-0.3, -0.25) is 9.59 Å². The van der Waals surface area contributed by atoms with Crippen LogP contribution in [0.2, 0.25) is 0 Å². The summed E-state index contributed by atoms with van der Waals surface area (Å²) in [6.07, 6.45) is 1.43. The van der Waals surface area contributed by atoms with Crippen molar-refractivity contribution in [3.8, 4) is 45.5 Å². The first-order valence-electron chi connectivity index (χ1n) is 10.8. The van der Waals surface area contributed by atoms with E-state index in [0.29, 0.717) is 45.6 Å². The highest BCUT2D eigenvalue weighted by molar-refractivity contribution is 7.14. The van der Waals surface area contributed by atoms with E-state index in [0.717, 1.165) is 0 Å². The molecule has 0 bridgehead atoms. The number of phenols is 4. The summed E-state index contributed by atoms with van der Waals surface area (Å²) in [5.41, 5.74) is 1.86. The lowest BCUT2D eigenvalue weighted by atomic mass is 10.1. The van der Waals surface area contributed by atoms with E-state index >= 15 is 0 Å². The highest BCUT2D eigenvalue weighted by Gasteiger charge is 2.13. The number of amides is 2. The van der Waals surface area contributed by atoms with Crippen LogP contribution in [-0.4, -0.2) is 42.2 Å². The maximum absolute atomic E-state index is 12.2. The Morgan fingerprint density at radius 1 is 0.694 bits per heavy atom. The molecule has 0 saturated heterocycles. The van der Waals surface area contributed by atoms with Gasteiger partial charge >= 0.3 is 0 Å². The SMILES string of the molecule is O=C(CCCCC(=O)Nc1nc(-c2ccc(O)cc2O)cs1)Nc1nc(-c2ccc(O)cc2O)cs1. The summed E-state index contributed by atoms with van der Waals surface area (Å²) in [5.74, 6) is -0.791. The van der Waals surface area contributed by atoms with Crippen LogP contribution in [0.1, 0.15) is 25.7 Å². The van der Waals surface area contributed by atoms with Crippen LogP contribution in [-0.2, 0) is 9.59 Å². The molecule has 2 aromatic carbocycles. The molecule has 0 aliphatic heterocycles. The second kappa shape index (κ2) is 11.1. The molecule has 2 heterocycles. The molecule has 0 fully saturated rings. The molecule has 186 valence electrons. The van der Waals surface area contributed by atoms with E-state index in [-0.39, 0.29) is 47.7 Å². The van der Waals surface area contributed by atoms with Gasteiger partial charge in [0.05, 0.1) is 11.4 Å². The maximum atomic E-state index is 12.2. The fourth-order valence-electron chi connectivity index (χ4n) is 3.32. The summed E-state index contributed by atoms with van der Waals surface area (Å²) in [4.78, 5) is 33.0. The number of carbonyl (C=O) groups excluding carboxylic acids is 2. The van der Waals surface area contributed by atoms with Crippen LogP contribution in [0.25, 0.3) is 22.5 Å². The summed E-state index contributed by atoms with van der Waals surface area (Å²) < 4.78 is 0. The van der Waals surface area contributed by atoms with Crippen molar-refractivity contribution in [3.63, 3.8) is 0 Å². The van der Waals surface area contributed by atoms with Crippen molar-refractivity contribution in [1.82, 2.24) is 9.97 Å². The van der Waals surface area contributed by atoms with E-state index in [4.69, 9.17) is 0 Å². The number of benzene rings is 2. The molecule has 6 N–H and O–H groups in total. The molecule has 10 nitrogen and oxygen atoms in total. The van der Waals surface area contributed by atoms with Gasteiger partial charge in [-0.25, -0.2) is 9.97 Å². The van der Waals surface area contributed by atoms with Crippen LogP contribution >= 0.6 is 22.7 Å². The number of anilines is 2. The van der Waals surface area contributed by atoms with Crippen LogP contribution in [0.5, 0.6) is 23.0 Å². The van der Waals surface area contributed by atoms with Crippen molar-refractivity contribution in [1.29, 1.82) is 0 Å². The van der Waals surface area contributed by atoms with Gasteiger partial charge in [-0.15, -0.1) is 22.7 Å². The number of unbranched alkanes of at least 4 members (excludes halogenated alkanes) is 1. The third-order valence-electron chi connectivity index (χ3n) is 5.07. The van der Waals surface area contributed by atoms with Crippen molar-refractivity contribution in [3.05, 3.63) is 47.2 Å².